The molecule has 0 bridgehead atoms. The molecule has 1 aromatic carbocycles. The van der Waals surface area contributed by atoms with Crippen molar-refractivity contribution < 1.29 is 4.79 Å². The van der Waals surface area contributed by atoms with Crippen LogP contribution in [0.15, 0.2) is 41.8 Å². The van der Waals surface area contributed by atoms with E-state index < -0.39 is 0 Å². The molecule has 1 N–H and O–H groups in total. The Kier molecular flexibility index (Phi) is 4.86. The van der Waals surface area contributed by atoms with Gasteiger partial charge in [-0.1, -0.05) is 12.1 Å². The number of aromatic nitrogens is 6. The number of benzene rings is 1. The summed E-state index contributed by atoms with van der Waals surface area (Å²) in [6.45, 7) is 5.89. The van der Waals surface area contributed by atoms with Crippen molar-refractivity contribution >= 4 is 45.2 Å². The zero-order valence-electron chi connectivity index (χ0n) is 18.0. The van der Waals surface area contributed by atoms with Gasteiger partial charge in [-0.15, -0.1) is 11.3 Å². The number of fused-ring (bicyclic) bond motifs is 2. The maximum atomic E-state index is 13.5. The van der Waals surface area contributed by atoms with E-state index in [0.29, 0.717) is 18.7 Å². The molecule has 0 aliphatic heterocycles. The first-order valence-corrected chi connectivity index (χ1v) is 10.9. The molecule has 5 rings (SSSR count). The van der Waals surface area contributed by atoms with Gasteiger partial charge >= 0.3 is 0 Å². The Balaban J connectivity index is 1.46. The molecule has 1 amide bonds. The molecule has 4 aromatic heterocycles. The number of thiazole rings is 1. The van der Waals surface area contributed by atoms with Gasteiger partial charge in [-0.3, -0.25) is 14.6 Å². The summed E-state index contributed by atoms with van der Waals surface area (Å²) in [5.41, 5.74) is 5.08. The molecule has 9 nitrogen and oxygen atoms in total. The standard InChI is InChI=1S/C22H22N8OS/c1-13-19(22(31)30(23-2)12-14-6-5-7-17-16(14)11-24-26-17)29(4)21-20(13)32-18(25-21)10-15-8-9-28(3)27-15/h5-9,11H,2,10,12H2,1,3-4H3,(H,24,26). The molecular formula is C22H22N8OS. The van der Waals surface area contributed by atoms with E-state index >= 15 is 0 Å². The predicted molar refractivity (Wildman–Crippen MR) is 125 cm³/mol. The van der Waals surface area contributed by atoms with Crippen molar-refractivity contribution in [1.29, 1.82) is 0 Å². The third-order valence-corrected chi connectivity index (χ3v) is 6.77. The first kappa shape index (κ1) is 20.1. The average molecular weight is 447 g/mol. The van der Waals surface area contributed by atoms with Gasteiger partial charge in [-0.05, 0) is 30.2 Å². The number of hydrazone groups is 1. The van der Waals surface area contributed by atoms with Crippen molar-refractivity contribution in [3.05, 3.63) is 64.2 Å². The highest BCUT2D eigenvalue weighted by Gasteiger charge is 2.26. The number of aromatic amines is 1. The first-order chi connectivity index (χ1) is 15.5. The lowest BCUT2D eigenvalue weighted by Crippen LogP contribution is -2.27. The highest BCUT2D eigenvalue weighted by Crippen LogP contribution is 2.32. The molecule has 0 atom stereocenters. The minimum Gasteiger partial charge on any atom is -0.323 e. The summed E-state index contributed by atoms with van der Waals surface area (Å²) in [7, 11) is 3.77. The van der Waals surface area contributed by atoms with Crippen LogP contribution in [-0.2, 0) is 27.1 Å². The van der Waals surface area contributed by atoms with Gasteiger partial charge in [0.15, 0.2) is 5.65 Å². The van der Waals surface area contributed by atoms with Crippen LogP contribution in [0.1, 0.15) is 32.3 Å². The Morgan fingerprint density at radius 2 is 2.16 bits per heavy atom. The largest absolute Gasteiger partial charge is 0.323 e. The molecule has 0 saturated heterocycles. The number of amides is 1. The van der Waals surface area contributed by atoms with Crippen LogP contribution in [0.25, 0.3) is 21.3 Å². The Hall–Kier alpha value is -3.79. The lowest BCUT2D eigenvalue weighted by Gasteiger charge is -2.18. The van der Waals surface area contributed by atoms with E-state index in [9.17, 15) is 4.79 Å². The SMILES string of the molecule is C=NN(Cc1cccc2[nH]ncc12)C(=O)c1c(C)c2sc(Cc3ccn(C)n3)nc2n1C. The second-order valence-electron chi connectivity index (χ2n) is 7.70. The molecule has 0 fully saturated rings. The predicted octanol–water partition coefficient (Wildman–Crippen LogP) is 3.40. The van der Waals surface area contributed by atoms with Crippen LogP contribution in [0.3, 0.4) is 0 Å². The van der Waals surface area contributed by atoms with E-state index in [1.807, 2.05) is 56.0 Å². The van der Waals surface area contributed by atoms with Crippen molar-refractivity contribution in [1.82, 2.24) is 34.5 Å². The van der Waals surface area contributed by atoms with Crippen LogP contribution in [0.4, 0.5) is 0 Å². The molecule has 0 unspecified atom stereocenters. The lowest BCUT2D eigenvalue weighted by molar-refractivity contribution is 0.0741. The Morgan fingerprint density at radius 1 is 1.31 bits per heavy atom. The topological polar surface area (TPSA) is 97.0 Å². The molecule has 162 valence electrons. The van der Waals surface area contributed by atoms with Crippen LogP contribution in [-0.4, -0.2) is 47.2 Å². The fourth-order valence-corrected chi connectivity index (χ4v) is 5.13. The number of H-pyrrole nitrogens is 1. The second kappa shape index (κ2) is 7.72. The van der Waals surface area contributed by atoms with Gasteiger partial charge in [0.05, 0.1) is 28.7 Å². The molecule has 10 heteroatoms. The lowest BCUT2D eigenvalue weighted by atomic mass is 10.1. The molecule has 0 spiro atoms. The van der Waals surface area contributed by atoms with Crippen LogP contribution in [0.2, 0.25) is 0 Å². The van der Waals surface area contributed by atoms with E-state index in [2.05, 4.69) is 27.1 Å². The number of hydrogen-bond acceptors (Lipinski definition) is 6. The Labute approximate surface area is 188 Å². The molecule has 0 aliphatic carbocycles. The average Bonchev–Trinajstić information content (AvgIpc) is 3.54. The molecule has 4 heterocycles. The number of hydrogen-bond donors (Lipinski definition) is 1. The van der Waals surface area contributed by atoms with Gasteiger partial charge in [0.1, 0.15) is 10.7 Å². The maximum absolute atomic E-state index is 13.5. The van der Waals surface area contributed by atoms with Crippen molar-refractivity contribution in [2.45, 2.75) is 19.9 Å². The highest BCUT2D eigenvalue weighted by molar-refractivity contribution is 7.18. The third kappa shape index (κ3) is 3.28. The van der Waals surface area contributed by atoms with Gasteiger partial charge in [0.2, 0.25) is 0 Å². The van der Waals surface area contributed by atoms with Gasteiger partial charge in [0, 0.05) is 38.8 Å². The van der Waals surface area contributed by atoms with Crippen LogP contribution in [0.5, 0.6) is 0 Å². The number of nitrogens with zero attached hydrogens (tertiary/aromatic N) is 7. The van der Waals surface area contributed by atoms with Crippen molar-refractivity contribution in [2.24, 2.45) is 19.2 Å². The highest BCUT2D eigenvalue weighted by atomic mass is 32.1. The number of nitrogens with one attached hydrogen (secondary N) is 1. The van der Waals surface area contributed by atoms with E-state index in [0.717, 1.165) is 43.1 Å². The minimum atomic E-state index is -0.211. The smallest absolute Gasteiger partial charge is 0.291 e. The van der Waals surface area contributed by atoms with Crippen LogP contribution < -0.4 is 0 Å². The molecule has 32 heavy (non-hydrogen) atoms. The number of carbonyl (C=O) groups excluding carboxylic acids is 1. The first-order valence-electron chi connectivity index (χ1n) is 10.1. The molecule has 5 aromatic rings. The molecule has 0 radical (unpaired) electrons. The minimum absolute atomic E-state index is 0.211. The van der Waals surface area contributed by atoms with Gasteiger partial charge < -0.3 is 4.57 Å². The molecule has 0 aliphatic rings. The summed E-state index contributed by atoms with van der Waals surface area (Å²) >= 11 is 1.60. The fourth-order valence-electron chi connectivity index (χ4n) is 4.02. The van der Waals surface area contributed by atoms with E-state index in [1.54, 1.807) is 22.2 Å². The van der Waals surface area contributed by atoms with E-state index in [4.69, 9.17) is 4.98 Å². The van der Waals surface area contributed by atoms with Crippen LogP contribution >= 0.6 is 11.3 Å². The fraction of sp³-hybridized carbons (Fsp3) is 0.227. The van der Waals surface area contributed by atoms with Crippen molar-refractivity contribution in [3.63, 3.8) is 0 Å². The molecular weight excluding hydrogens is 424 g/mol. The summed E-state index contributed by atoms with van der Waals surface area (Å²) < 4.78 is 4.64. The summed E-state index contributed by atoms with van der Waals surface area (Å²) in [4.78, 5) is 18.2. The van der Waals surface area contributed by atoms with Gasteiger partial charge in [-0.25, -0.2) is 9.99 Å². The number of rotatable bonds is 6. The van der Waals surface area contributed by atoms with Crippen LogP contribution in [0, 0.1) is 6.92 Å². The van der Waals surface area contributed by atoms with Gasteiger partial charge in [0.25, 0.3) is 5.91 Å². The van der Waals surface area contributed by atoms with Crippen molar-refractivity contribution in [3.8, 4) is 0 Å². The summed E-state index contributed by atoms with van der Waals surface area (Å²) in [6.07, 6.45) is 4.34. The van der Waals surface area contributed by atoms with E-state index in [1.165, 1.54) is 5.01 Å². The quantitative estimate of drug-likeness (QED) is 0.319. The van der Waals surface area contributed by atoms with E-state index in [-0.39, 0.29) is 5.91 Å². The summed E-state index contributed by atoms with van der Waals surface area (Å²) in [5.74, 6) is -0.211. The third-order valence-electron chi connectivity index (χ3n) is 5.61. The summed E-state index contributed by atoms with van der Waals surface area (Å²) in [6, 6.07) is 7.83. The molecule has 0 saturated carbocycles. The van der Waals surface area contributed by atoms with Gasteiger partial charge in [-0.2, -0.15) is 15.3 Å². The normalized spacial score (nSPS) is 11.5. The number of carbonyl (C=O) groups is 1. The summed E-state index contributed by atoms with van der Waals surface area (Å²) in [5, 5.41) is 18.8. The zero-order valence-corrected chi connectivity index (χ0v) is 18.8. The maximum Gasteiger partial charge on any atom is 0.291 e. The second-order valence-corrected chi connectivity index (χ2v) is 8.79. The van der Waals surface area contributed by atoms with Crippen molar-refractivity contribution in [2.75, 3.05) is 0 Å². The monoisotopic (exact) mass is 446 g/mol. The Morgan fingerprint density at radius 3 is 2.88 bits per heavy atom. The zero-order chi connectivity index (χ0) is 22.4. The Bertz CT molecular complexity index is 1430. The number of aryl methyl sites for hydroxylation is 3.